The third-order valence-corrected chi connectivity index (χ3v) is 7.61. The third kappa shape index (κ3) is 4.86. The number of imidazole rings is 1. The number of hydrogen-bond donors (Lipinski definition) is 1. The molecular formula is C29H34N6. The van der Waals surface area contributed by atoms with Gasteiger partial charge in [0.25, 0.3) is 0 Å². The fourth-order valence-electron chi connectivity index (χ4n) is 5.87. The van der Waals surface area contributed by atoms with Crippen molar-refractivity contribution in [2.24, 2.45) is 11.7 Å². The zero-order valence-corrected chi connectivity index (χ0v) is 20.3. The van der Waals surface area contributed by atoms with E-state index in [9.17, 15) is 0 Å². The first-order chi connectivity index (χ1) is 17.2. The van der Waals surface area contributed by atoms with Crippen molar-refractivity contribution in [3.63, 3.8) is 0 Å². The first-order valence-corrected chi connectivity index (χ1v) is 13.0. The minimum Gasteiger partial charge on any atom is -0.327 e. The molecule has 2 atom stereocenters. The summed E-state index contributed by atoms with van der Waals surface area (Å²) in [6.45, 7) is 4.14. The van der Waals surface area contributed by atoms with Gasteiger partial charge in [0.1, 0.15) is 5.82 Å². The summed E-state index contributed by atoms with van der Waals surface area (Å²) in [6.07, 6.45) is 8.37. The number of piperidine rings is 1. The zero-order chi connectivity index (χ0) is 23.6. The van der Waals surface area contributed by atoms with Crippen LogP contribution in [0.4, 0.5) is 0 Å². The number of para-hydroxylation sites is 2. The van der Waals surface area contributed by atoms with Gasteiger partial charge in [0.15, 0.2) is 0 Å². The Morgan fingerprint density at radius 3 is 2.74 bits per heavy atom. The molecule has 2 N–H and O–H groups in total. The molecule has 3 aromatic heterocycles. The lowest BCUT2D eigenvalue weighted by molar-refractivity contribution is 0.154. The van der Waals surface area contributed by atoms with Crippen molar-refractivity contribution in [2.45, 2.75) is 57.7 Å². The van der Waals surface area contributed by atoms with Crippen LogP contribution in [-0.2, 0) is 25.9 Å². The van der Waals surface area contributed by atoms with Crippen molar-refractivity contribution in [2.75, 3.05) is 13.1 Å². The van der Waals surface area contributed by atoms with Crippen LogP contribution in [0.25, 0.3) is 11.0 Å². The zero-order valence-electron chi connectivity index (χ0n) is 20.3. The summed E-state index contributed by atoms with van der Waals surface area (Å²) in [7, 11) is 0. The fourth-order valence-corrected chi connectivity index (χ4v) is 5.87. The van der Waals surface area contributed by atoms with Crippen LogP contribution in [0.15, 0.2) is 60.8 Å². The Balaban J connectivity index is 1.24. The van der Waals surface area contributed by atoms with E-state index in [1.807, 2.05) is 12.3 Å². The second-order valence-corrected chi connectivity index (χ2v) is 10.2. The topological polar surface area (TPSA) is 72.9 Å². The highest BCUT2D eigenvalue weighted by atomic mass is 15.2. The molecule has 1 unspecified atom stereocenters. The molecule has 2 aliphatic rings. The Kier molecular flexibility index (Phi) is 6.32. The van der Waals surface area contributed by atoms with E-state index in [0.717, 1.165) is 80.3 Å². The van der Waals surface area contributed by atoms with E-state index < -0.39 is 0 Å². The molecule has 0 bridgehead atoms. The van der Waals surface area contributed by atoms with E-state index in [-0.39, 0.29) is 6.04 Å². The molecule has 4 aromatic rings. The van der Waals surface area contributed by atoms with Gasteiger partial charge in [-0.25, -0.2) is 4.98 Å². The Morgan fingerprint density at radius 1 is 0.914 bits per heavy atom. The van der Waals surface area contributed by atoms with E-state index in [0.29, 0.717) is 5.92 Å². The first-order valence-electron chi connectivity index (χ1n) is 13.0. The summed E-state index contributed by atoms with van der Waals surface area (Å²) >= 11 is 0. The number of rotatable bonds is 6. The van der Waals surface area contributed by atoms with Gasteiger partial charge in [0.05, 0.1) is 22.4 Å². The molecular weight excluding hydrogens is 432 g/mol. The summed E-state index contributed by atoms with van der Waals surface area (Å²) < 4.78 is 2.45. The summed E-state index contributed by atoms with van der Waals surface area (Å²) in [4.78, 5) is 17.2. The minimum atomic E-state index is 0.0600. The van der Waals surface area contributed by atoms with Crippen molar-refractivity contribution >= 4 is 11.0 Å². The second kappa shape index (κ2) is 9.88. The summed E-state index contributed by atoms with van der Waals surface area (Å²) in [5.41, 5.74) is 13.3. The number of nitrogens with two attached hydrogens (primary N) is 1. The van der Waals surface area contributed by atoms with Crippen molar-refractivity contribution in [1.82, 2.24) is 24.4 Å². The number of nitrogens with zero attached hydrogens (tertiary/aromatic N) is 5. The molecule has 0 radical (unpaired) electrons. The quantitative estimate of drug-likeness (QED) is 0.447. The summed E-state index contributed by atoms with van der Waals surface area (Å²) in [5.74, 6) is 1.69. The van der Waals surface area contributed by atoms with Crippen LogP contribution in [0.5, 0.6) is 0 Å². The van der Waals surface area contributed by atoms with Crippen LogP contribution in [-0.4, -0.2) is 37.5 Å². The molecule has 0 amide bonds. The molecule has 6 heteroatoms. The van der Waals surface area contributed by atoms with E-state index in [4.69, 9.17) is 15.7 Å². The molecule has 35 heavy (non-hydrogen) atoms. The molecule has 0 spiro atoms. The van der Waals surface area contributed by atoms with E-state index in [1.165, 1.54) is 23.9 Å². The van der Waals surface area contributed by atoms with Crippen molar-refractivity contribution < 1.29 is 0 Å². The van der Waals surface area contributed by atoms with Gasteiger partial charge in [-0.2, -0.15) is 0 Å². The lowest BCUT2D eigenvalue weighted by atomic mass is 9.92. The first kappa shape index (κ1) is 22.4. The Morgan fingerprint density at radius 2 is 1.83 bits per heavy atom. The van der Waals surface area contributed by atoms with Gasteiger partial charge in [0.2, 0.25) is 0 Å². The highest BCUT2D eigenvalue weighted by Crippen LogP contribution is 2.28. The second-order valence-electron chi connectivity index (χ2n) is 10.2. The number of benzene rings is 1. The van der Waals surface area contributed by atoms with E-state index in [1.54, 1.807) is 0 Å². The number of fused-ring (bicyclic) bond motifs is 2. The van der Waals surface area contributed by atoms with Gasteiger partial charge in [-0.15, -0.1) is 0 Å². The van der Waals surface area contributed by atoms with Crippen molar-refractivity contribution in [3.8, 4) is 0 Å². The maximum Gasteiger partial charge on any atom is 0.115 e. The minimum absolute atomic E-state index is 0.0600. The smallest absolute Gasteiger partial charge is 0.115 e. The lowest BCUT2D eigenvalue weighted by Crippen LogP contribution is -2.37. The monoisotopic (exact) mass is 466 g/mol. The average molecular weight is 467 g/mol. The van der Waals surface area contributed by atoms with Crippen LogP contribution in [0.2, 0.25) is 0 Å². The molecule has 6 rings (SSSR count). The average Bonchev–Trinajstić information content (AvgIpc) is 3.22. The SMILES string of the molecule is NC1CCCc2ccc(Cc3nc4ccccc4n3C[C@H]3CCCN(Cc4ccccn4)C3)nc21. The highest BCUT2D eigenvalue weighted by molar-refractivity contribution is 5.76. The van der Waals surface area contributed by atoms with Gasteiger partial charge < -0.3 is 10.3 Å². The van der Waals surface area contributed by atoms with Crippen LogP contribution in [0.3, 0.4) is 0 Å². The molecule has 1 aliphatic heterocycles. The summed E-state index contributed by atoms with van der Waals surface area (Å²) in [5, 5.41) is 0. The Labute approximate surface area is 207 Å². The van der Waals surface area contributed by atoms with Gasteiger partial charge in [-0.3, -0.25) is 14.9 Å². The fraction of sp³-hybridized carbons (Fsp3) is 0.414. The maximum atomic E-state index is 6.40. The standard InChI is InChI=1S/C29H34N6/c30-25-10-5-8-22-13-14-23(32-29(22)25)17-28-33-26-11-1-2-12-27(26)35(28)19-21-7-6-16-34(18-21)20-24-9-3-4-15-31-24/h1-4,9,11-15,21,25H,5-8,10,16-20,30H2/t21-,25?/m0/s1. The van der Waals surface area contributed by atoms with Crippen LogP contribution in [0.1, 0.15) is 60.2 Å². The molecule has 1 saturated heterocycles. The van der Waals surface area contributed by atoms with E-state index >= 15 is 0 Å². The Bertz CT molecular complexity index is 1300. The highest BCUT2D eigenvalue weighted by Gasteiger charge is 2.24. The molecule has 0 saturated carbocycles. The van der Waals surface area contributed by atoms with Gasteiger partial charge in [-0.05, 0) is 80.5 Å². The third-order valence-electron chi connectivity index (χ3n) is 7.61. The van der Waals surface area contributed by atoms with Crippen LogP contribution < -0.4 is 5.73 Å². The van der Waals surface area contributed by atoms with Gasteiger partial charge >= 0.3 is 0 Å². The predicted molar refractivity (Wildman–Crippen MR) is 139 cm³/mol. The molecule has 1 aliphatic carbocycles. The molecule has 1 aromatic carbocycles. The molecule has 180 valence electrons. The normalized spacial score (nSPS) is 20.7. The Hall–Kier alpha value is -3.09. The summed E-state index contributed by atoms with van der Waals surface area (Å²) in [6, 6.07) is 19.2. The van der Waals surface area contributed by atoms with Gasteiger partial charge in [-0.1, -0.05) is 24.3 Å². The van der Waals surface area contributed by atoms with Crippen molar-refractivity contribution in [1.29, 1.82) is 0 Å². The number of hydrogen-bond acceptors (Lipinski definition) is 5. The van der Waals surface area contributed by atoms with Crippen molar-refractivity contribution in [3.05, 3.63) is 89.3 Å². The number of pyridine rings is 2. The maximum absolute atomic E-state index is 6.40. The van der Waals surface area contributed by atoms with Crippen LogP contribution in [0, 0.1) is 5.92 Å². The number of aromatic nitrogens is 4. The number of aryl methyl sites for hydroxylation is 1. The lowest BCUT2D eigenvalue weighted by Gasteiger charge is -2.33. The van der Waals surface area contributed by atoms with Crippen LogP contribution >= 0.6 is 0 Å². The van der Waals surface area contributed by atoms with E-state index in [2.05, 4.69) is 63.0 Å². The molecule has 1 fully saturated rings. The number of likely N-dealkylation sites (tertiary alicyclic amines) is 1. The van der Waals surface area contributed by atoms with Gasteiger partial charge in [0, 0.05) is 44.0 Å². The molecule has 4 heterocycles. The largest absolute Gasteiger partial charge is 0.327 e. The molecule has 6 nitrogen and oxygen atoms in total. The predicted octanol–water partition coefficient (Wildman–Crippen LogP) is 4.67.